The van der Waals surface area contributed by atoms with E-state index in [-0.39, 0.29) is 17.9 Å². The van der Waals surface area contributed by atoms with Gasteiger partial charge in [0.2, 0.25) is 0 Å². The Labute approximate surface area is 121 Å². The quantitative estimate of drug-likeness (QED) is 0.731. The molecule has 0 bridgehead atoms. The van der Waals surface area contributed by atoms with Crippen LogP contribution in [0.25, 0.3) is 0 Å². The number of aliphatic hydroxyl groups excluding tert-OH is 1. The fourth-order valence-electron chi connectivity index (χ4n) is 2.27. The molecule has 114 valence electrons. The van der Waals surface area contributed by atoms with Crippen LogP contribution in [0, 0.1) is 5.82 Å². The average molecular weight is 283 g/mol. The summed E-state index contributed by atoms with van der Waals surface area (Å²) in [5.74, 6) is -0.225. The third-order valence-electron chi connectivity index (χ3n) is 4.01. The van der Waals surface area contributed by atoms with Crippen molar-refractivity contribution in [3.05, 3.63) is 30.1 Å². The first-order valence-electron chi connectivity index (χ1n) is 7.37. The van der Waals surface area contributed by atoms with Gasteiger partial charge in [0.15, 0.2) is 11.6 Å². The Kier molecular flexibility index (Phi) is 6.96. The number of ether oxygens (including phenoxy) is 1. The van der Waals surface area contributed by atoms with Crippen LogP contribution in [0.3, 0.4) is 0 Å². The Morgan fingerprint density at radius 2 is 1.80 bits per heavy atom. The SMILES string of the molecule is CCC(CC)(CC)NCC(O)COc1ccccc1F. The Bertz CT molecular complexity index is 386. The Balaban J connectivity index is 2.41. The van der Waals surface area contributed by atoms with E-state index < -0.39 is 11.9 Å². The van der Waals surface area contributed by atoms with Crippen molar-refractivity contribution in [3.63, 3.8) is 0 Å². The zero-order valence-electron chi connectivity index (χ0n) is 12.7. The molecule has 0 radical (unpaired) electrons. The van der Waals surface area contributed by atoms with E-state index in [0.717, 1.165) is 19.3 Å². The van der Waals surface area contributed by atoms with E-state index in [2.05, 4.69) is 26.1 Å². The minimum absolute atomic E-state index is 0.0684. The number of benzene rings is 1. The maximum Gasteiger partial charge on any atom is 0.165 e. The van der Waals surface area contributed by atoms with Gasteiger partial charge in [0.05, 0.1) is 0 Å². The molecule has 2 N–H and O–H groups in total. The highest BCUT2D eigenvalue weighted by Gasteiger charge is 2.23. The first-order chi connectivity index (χ1) is 9.56. The molecule has 0 amide bonds. The number of aliphatic hydroxyl groups is 1. The highest BCUT2D eigenvalue weighted by atomic mass is 19.1. The van der Waals surface area contributed by atoms with Gasteiger partial charge in [0, 0.05) is 12.1 Å². The predicted molar refractivity (Wildman–Crippen MR) is 79.5 cm³/mol. The van der Waals surface area contributed by atoms with Gasteiger partial charge >= 0.3 is 0 Å². The van der Waals surface area contributed by atoms with Crippen LogP contribution in [0.1, 0.15) is 40.0 Å². The van der Waals surface area contributed by atoms with Gasteiger partial charge in [0.1, 0.15) is 12.7 Å². The molecule has 4 heteroatoms. The predicted octanol–water partition coefficient (Wildman–Crippen LogP) is 3.12. The molecule has 3 nitrogen and oxygen atoms in total. The lowest BCUT2D eigenvalue weighted by molar-refractivity contribution is 0.0924. The minimum atomic E-state index is -0.654. The molecular formula is C16H26FNO2. The van der Waals surface area contributed by atoms with E-state index >= 15 is 0 Å². The van der Waals surface area contributed by atoms with Gasteiger partial charge in [-0.15, -0.1) is 0 Å². The molecule has 0 fully saturated rings. The molecule has 1 atom stereocenters. The van der Waals surface area contributed by atoms with Crippen LogP contribution in [0.15, 0.2) is 24.3 Å². The third-order valence-corrected chi connectivity index (χ3v) is 4.01. The summed E-state index contributed by atoms with van der Waals surface area (Å²) in [7, 11) is 0. The first-order valence-corrected chi connectivity index (χ1v) is 7.37. The largest absolute Gasteiger partial charge is 0.488 e. The van der Waals surface area contributed by atoms with Gasteiger partial charge in [-0.05, 0) is 31.4 Å². The topological polar surface area (TPSA) is 41.5 Å². The number of β-amino-alcohol motifs (C(OH)–C–C–N with tert-alkyl or cyclic N) is 1. The van der Waals surface area contributed by atoms with E-state index in [0.29, 0.717) is 6.54 Å². The van der Waals surface area contributed by atoms with Gasteiger partial charge in [0.25, 0.3) is 0 Å². The van der Waals surface area contributed by atoms with Crippen LogP contribution in [0.5, 0.6) is 5.75 Å². The highest BCUT2D eigenvalue weighted by Crippen LogP contribution is 2.19. The monoisotopic (exact) mass is 283 g/mol. The number of hydrogen-bond acceptors (Lipinski definition) is 3. The van der Waals surface area contributed by atoms with Crippen molar-refractivity contribution in [2.75, 3.05) is 13.2 Å². The number of para-hydroxylation sites is 1. The van der Waals surface area contributed by atoms with Gasteiger partial charge in [-0.2, -0.15) is 0 Å². The lowest BCUT2D eigenvalue weighted by Crippen LogP contribution is -2.47. The van der Waals surface area contributed by atoms with E-state index in [1.807, 2.05) is 0 Å². The summed E-state index contributed by atoms with van der Waals surface area (Å²) in [6.07, 6.45) is 2.39. The van der Waals surface area contributed by atoms with Crippen LogP contribution in [0.2, 0.25) is 0 Å². The molecule has 1 rings (SSSR count). The van der Waals surface area contributed by atoms with Gasteiger partial charge in [-0.3, -0.25) is 0 Å². The fourth-order valence-corrected chi connectivity index (χ4v) is 2.27. The summed E-state index contributed by atoms with van der Waals surface area (Å²) in [5, 5.41) is 13.4. The van der Waals surface area contributed by atoms with Crippen LogP contribution >= 0.6 is 0 Å². The summed E-state index contributed by atoms with van der Waals surface area (Å²) in [6, 6.07) is 6.22. The molecular weight excluding hydrogens is 257 g/mol. The standard InChI is InChI=1S/C16H26FNO2/c1-4-16(5-2,6-3)18-11-13(19)12-20-15-10-8-7-9-14(15)17/h7-10,13,18-19H,4-6,11-12H2,1-3H3. The fraction of sp³-hybridized carbons (Fsp3) is 0.625. The van der Waals surface area contributed by atoms with Crippen molar-refractivity contribution in [1.29, 1.82) is 0 Å². The molecule has 20 heavy (non-hydrogen) atoms. The molecule has 1 aromatic rings. The zero-order chi connectivity index (χ0) is 15.0. The van der Waals surface area contributed by atoms with Crippen LogP contribution in [-0.4, -0.2) is 29.9 Å². The average Bonchev–Trinajstić information content (AvgIpc) is 2.48. The molecule has 0 aliphatic rings. The smallest absolute Gasteiger partial charge is 0.165 e. The summed E-state index contributed by atoms with van der Waals surface area (Å²) in [6.45, 7) is 6.96. The molecule has 0 aliphatic heterocycles. The van der Waals surface area contributed by atoms with E-state index in [4.69, 9.17) is 4.74 Å². The van der Waals surface area contributed by atoms with E-state index in [9.17, 15) is 9.50 Å². The second kappa shape index (κ2) is 8.22. The Morgan fingerprint density at radius 1 is 1.20 bits per heavy atom. The number of halogens is 1. The van der Waals surface area contributed by atoms with Crippen molar-refractivity contribution < 1.29 is 14.2 Å². The molecule has 0 aromatic heterocycles. The lowest BCUT2D eigenvalue weighted by atomic mass is 9.90. The maximum atomic E-state index is 13.4. The van der Waals surface area contributed by atoms with Gasteiger partial charge in [-0.25, -0.2) is 4.39 Å². The summed E-state index contributed by atoms with van der Waals surface area (Å²) < 4.78 is 18.7. The second-order valence-corrected chi connectivity index (χ2v) is 5.12. The molecule has 0 spiro atoms. The van der Waals surface area contributed by atoms with Crippen molar-refractivity contribution in [2.45, 2.75) is 51.7 Å². The van der Waals surface area contributed by atoms with Crippen molar-refractivity contribution >= 4 is 0 Å². The van der Waals surface area contributed by atoms with Crippen molar-refractivity contribution in [1.82, 2.24) is 5.32 Å². The third kappa shape index (κ3) is 4.76. The summed E-state index contributed by atoms with van der Waals surface area (Å²) in [4.78, 5) is 0. The Morgan fingerprint density at radius 3 is 2.35 bits per heavy atom. The zero-order valence-corrected chi connectivity index (χ0v) is 12.7. The van der Waals surface area contributed by atoms with E-state index in [1.54, 1.807) is 18.2 Å². The normalized spacial score (nSPS) is 13.2. The summed E-state index contributed by atoms with van der Waals surface area (Å²) in [5.41, 5.74) is 0.0684. The van der Waals surface area contributed by atoms with Gasteiger partial charge < -0.3 is 15.2 Å². The Hall–Kier alpha value is -1.13. The van der Waals surface area contributed by atoms with Gasteiger partial charge in [-0.1, -0.05) is 32.9 Å². The first kappa shape index (κ1) is 16.9. The molecule has 0 heterocycles. The molecule has 1 unspecified atom stereocenters. The maximum absolute atomic E-state index is 13.4. The highest BCUT2D eigenvalue weighted by molar-refractivity contribution is 5.23. The van der Waals surface area contributed by atoms with E-state index in [1.165, 1.54) is 6.07 Å². The molecule has 0 saturated heterocycles. The molecule has 0 aliphatic carbocycles. The molecule has 0 saturated carbocycles. The van der Waals surface area contributed by atoms with Crippen molar-refractivity contribution in [2.24, 2.45) is 0 Å². The summed E-state index contributed by atoms with van der Waals surface area (Å²) >= 11 is 0. The molecule has 1 aromatic carbocycles. The number of hydrogen-bond donors (Lipinski definition) is 2. The minimum Gasteiger partial charge on any atom is -0.488 e. The lowest BCUT2D eigenvalue weighted by Gasteiger charge is -2.33. The van der Waals surface area contributed by atoms with Crippen LogP contribution in [0.4, 0.5) is 4.39 Å². The van der Waals surface area contributed by atoms with Crippen LogP contribution in [-0.2, 0) is 0 Å². The van der Waals surface area contributed by atoms with Crippen LogP contribution < -0.4 is 10.1 Å². The van der Waals surface area contributed by atoms with Crippen molar-refractivity contribution in [3.8, 4) is 5.75 Å². The number of rotatable bonds is 9. The number of nitrogens with one attached hydrogen (secondary N) is 1. The second-order valence-electron chi connectivity index (χ2n) is 5.12.